The van der Waals surface area contributed by atoms with E-state index in [1.807, 2.05) is 30.3 Å². The van der Waals surface area contributed by atoms with Crippen LogP contribution in [0.4, 0.5) is 23.2 Å². The lowest BCUT2D eigenvalue weighted by Crippen LogP contribution is -2.58. The third-order valence-electron chi connectivity index (χ3n) is 11.0. The summed E-state index contributed by atoms with van der Waals surface area (Å²) in [4.78, 5) is 48.3. The van der Waals surface area contributed by atoms with Gasteiger partial charge in [-0.25, -0.2) is 17.8 Å². The van der Waals surface area contributed by atoms with Crippen molar-refractivity contribution in [1.29, 1.82) is 0 Å². The number of ether oxygens (including phenoxy) is 1. The first-order chi connectivity index (χ1) is 25.6. The minimum absolute atomic E-state index is 0.0397. The first kappa shape index (κ1) is 37.6. The Bertz CT molecular complexity index is 2100. The molecule has 2 aromatic carbocycles. The Hall–Kier alpha value is -4.73. The van der Waals surface area contributed by atoms with E-state index >= 15 is 0 Å². The molecule has 5 atom stereocenters. The number of rotatable bonds is 7. The van der Waals surface area contributed by atoms with Crippen molar-refractivity contribution >= 4 is 44.2 Å². The van der Waals surface area contributed by atoms with E-state index in [0.29, 0.717) is 50.0 Å². The molecule has 54 heavy (non-hydrogen) atoms. The summed E-state index contributed by atoms with van der Waals surface area (Å²) in [6.07, 6.45) is 3.07. The van der Waals surface area contributed by atoms with E-state index < -0.39 is 79.7 Å². The van der Waals surface area contributed by atoms with Crippen molar-refractivity contribution in [2.75, 3.05) is 11.9 Å². The monoisotopic (exact) mass is 771 g/mol. The van der Waals surface area contributed by atoms with Crippen LogP contribution in [-0.2, 0) is 30.6 Å². The highest BCUT2D eigenvalue weighted by molar-refractivity contribution is 7.91. The maximum absolute atomic E-state index is 14.5. The summed E-state index contributed by atoms with van der Waals surface area (Å²) in [6, 6.07) is 8.76. The first-order valence-corrected chi connectivity index (χ1v) is 19.6. The van der Waals surface area contributed by atoms with Crippen LogP contribution in [0, 0.1) is 11.7 Å². The van der Waals surface area contributed by atoms with Crippen molar-refractivity contribution in [3.63, 3.8) is 0 Å². The highest BCUT2D eigenvalue weighted by Crippen LogP contribution is 2.47. The first-order valence-electron chi connectivity index (χ1n) is 18.1. The van der Waals surface area contributed by atoms with Gasteiger partial charge < -0.3 is 20.3 Å². The van der Waals surface area contributed by atoms with E-state index in [2.05, 4.69) is 20.3 Å². The van der Waals surface area contributed by atoms with Gasteiger partial charge in [-0.3, -0.25) is 19.1 Å². The molecule has 4 aliphatic rings. The minimum atomic E-state index is -4.84. The van der Waals surface area contributed by atoms with E-state index in [0.717, 1.165) is 17.5 Å². The SMILES string of the molecule is CC1(S(=O)(=O)NC(=O)[C@@]23C[C@H]2/C=C\CCCCC[C@H](Nc2cc(F)cc(C(F)(F)F)c2)C(=O)N2C[C@H](Oc4nccc5ccccc45)C[C@H]2C(=O)N3)CC1. The number of aromatic nitrogens is 1. The molecule has 2 aliphatic heterocycles. The Labute approximate surface area is 310 Å². The molecule has 3 aromatic rings. The number of hydrogen-bond acceptors (Lipinski definition) is 8. The van der Waals surface area contributed by atoms with Gasteiger partial charge in [0.2, 0.25) is 27.7 Å². The molecule has 0 spiro atoms. The molecule has 3 N–H and O–H groups in total. The normalized spacial score (nSPS) is 27.8. The molecule has 2 aliphatic carbocycles. The number of nitrogens with zero attached hydrogens (tertiary/aromatic N) is 2. The average Bonchev–Trinajstić information content (AvgIpc) is 4.00. The molecule has 288 valence electrons. The largest absolute Gasteiger partial charge is 0.472 e. The molecule has 1 aromatic heterocycles. The Morgan fingerprint density at radius 3 is 2.61 bits per heavy atom. The zero-order chi connectivity index (χ0) is 38.5. The fraction of sp³-hybridized carbons (Fsp3) is 0.474. The topological polar surface area (TPSA) is 147 Å². The Morgan fingerprint density at radius 2 is 1.85 bits per heavy atom. The minimum Gasteiger partial charge on any atom is -0.472 e. The van der Waals surface area contributed by atoms with Crippen LogP contribution in [0.25, 0.3) is 10.8 Å². The molecule has 2 saturated carbocycles. The van der Waals surface area contributed by atoms with Gasteiger partial charge in [-0.05, 0) is 81.2 Å². The predicted octanol–water partition coefficient (Wildman–Crippen LogP) is 5.62. The lowest BCUT2D eigenvalue weighted by molar-refractivity contribution is -0.140. The average molecular weight is 772 g/mol. The van der Waals surface area contributed by atoms with Gasteiger partial charge in [0.15, 0.2) is 0 Å². The number of anilines is 1. The van der Waals surface area contributed by atoms with Crippen molar-refractivity contribution in [2.24, 2.45) is 5.92 Å². The van der Waals surface area contributed by atoms with Gasteiger partial charge in [0.1, 0.15) is 29.5 Å². The van der Waals surface area contributed by atoms with E-state index in [1.165, 1.54) is 4.90 Å². The van der Waals surface area contributed by atoms with E-state index in [4.69, 9.17) is 4.74 Å². The molecule has 11 nitrogen and oxygen atoms in total. The fourth-order valence-corrected chi connectivity index (χ4v) is 8.64. The van der Waals surface area contributed by atoms with Gasteiger partial charge in [-0.15, -0.1) is 0 Å². The number of carbonyl (C=O) groups is 3. The number of sulfonamides is 1. The molecular weight excluding hydrogens is 731 g/mol. The maximum atomic E-state index is 14.5. The number of benzene rings is 2. The van der Waals surface area contributed by atoms with Crippen molar-refractivity contribution in [1.82, 2.24) is 19.9 Å². The Kier molecular flexibility index (Phi) is 9.86. The number of carbonyl (C=O) groups excluding carboxylic acids is 3. The molecule has 3 amide bonds. The van der Waals surface area contributed by atoms with Crippen LogP contribution >= 0.6 is 0 Å². The van der Waals surface area contributed by atoms with E-state index in [1.54, 1.807) is 25.3 Å². The van der Waals surface area contributed by atoms with Gasteiger partial charge in [-0.2, -0.15) is 13.2 Å². The van der Waals surface area contributed by atoms with E-state index in [9.17, 15) is 40.4 Å². The number of pyridine rings is 1. The van der Waals surface area contributed by atoms with Crippen LogP contribution in [0.2, 0.25) is 0 Å². The van der Waals surface area contributed by atoms with Gasteiger partial charge in [0, 0.05) is 29.6 Å². The number of amides is 3. The number of nitrogens with one attached hydrogen (secondary N) is 3. The maximum Gasteiger partial charge on any atom is 0.416 e. The standard InChI is InChI=1S/C38H41F4N5O6S/c1-36(14-15-36)54(51,52)46-35(50)37-21-24(37)10-5-3-2-4-6-12-30(44-27-18-25(38(40,41)42)17-26(39)19-27)34(49)47-22-28(20-31(47)32(48)45-37)53-33-29-11-8-7-9-23(29)13-16-43-33/h5,7-11,13,16-19,24,28,30-31,44H,2-4,6,12,14-15,20-22H2,1H3,(H,45,48)(H,46,50)/b10-5-/t24-,28-,30+,31+,37-/m1/s1. The molecular formula is C38H41F4N5O6S. The highest BCUT2D eigenvalue weighted by atomic mass is 32.2. The molecule has 7 rings (SSSR count). The van der Waals surface area contributed by atoms with Gasteiger partial charge in [0.05, 0.1) is 16.9 Å². The lowest BCUT2D eigenvalue weighted by atomic mass is 10.0. The second-order valence-electron chi connectivity index (χ2n) is 15.0. The van der Waals surface area contributed by atoms with Gasteiger partial charge >= 0.3 is 6.18 Å². The van der Waals surface area contributed by atoms with Gasteiger partial charge in [0.25, 0.3) is 5.91 Å². The second kappa shape index (κ2) is 14.2. The van der Waals surface area contributed by atoms with Crippen LogP contribution in [-0.4, -0.2) is 71.0 Å². The van der Waals surface area contributed by atoms with Crippen LogP contribution in [0.5, 0.6) is 5.88 Å². The van der Waals surface area contributed by atoms with Crippen molar-refractivity contribution < 1.29 is 45.1 Å². The summed E-state index contributed by atoms with van der Waals surface area (Å²) in [5.74, 6) is -3.59. The second-order valence-corrected chi connectivity index (χ2v) is 17.2. The van der Waals surface area contributed by atoms with Crippen molar-refractivity contribution in [2.45, 2.75) is 99.4 Å². The van der Waals surface area contributed by atoms with Crippen LogP contribution < -0.4 is 20.1 Å². The summed E-state index contributed by atoms with van der Waals surface area (Å²) in [5.41, 5.74) is -3.07. The summed E-state index contributed by atoms with van der Waals surface area (Å²) in [5, 5.41) is 7.17. The van der Waals surface area contributed by atoms with Crippen LogP contribution in [0.15, 0.2) is 66.9 Å². The molecule has 0 radical (unpaired) electrons. The number of allylic oxidation sites excluding steroid dienone is 1. The Morgan fingerprint density at radius 1 is 1.07 bits per heavy atom. The van der Waals surface area contributed by atoms with E-state index in [-0.39, 0.29) is 37.4 Å². The summed E-state index contributed by atoms with van der Waals surface area (Å²) in [7, 11) is -4.04. The molecule has 3 fully saturated rings. The third-order valence-corrected chi connectivity index (χ3v) is 13.1. The smallest absolute Gasteiger partial charge is 0.416 e. The van der Waals surface area contributed by atoms with Crippen molar-refractivity contribution in [3.8, 4) is 5.88 Å². The summed E-state index contributed by atoms with van der Waals surface area (Å²) >= 11 is 0. The lowest BCUT2D eigenvalue weighted by Gasteiger charge is -2.30. The Balaban J connectivity index is 1.21. The highest BCUT2D eigenvalue weighted by Gasteiger charge is 2.63. The molecule has 0 unspecified atom stereocenters. The number of hydrogen-bond donors (Lipinski definition) is 3. The van der Waals surface area contributed by atoms with Crippen LogP contribution in [0.1, 0.15) is 70.3 Å². The van der Waals surface area contributed by atoms with Crippen LogP contribution in [0.3, 0.4) is 0 Å². The zero-order valence-corrected chi connectivity index (χ0v) is 30.3. The molecule has 16 heteroatoms. The summed E-state index contributed by atoms with van der Waals surface area (Å²) < 4.78 is 89.0. The van der Waals surface area contributed by atoms with Gasteiger partial charge in [-0.1, -0.05) is 43.2 Å². The number of fused-ring (bicyclic) bond motifs is 3. The predicted molar refractivity (Wildman–Crippen MR) is 191 cm³/mol. The fourth-order valence-electron chi connectivity index (χ4n) is 7.33. The molecule has 3 heterocycles. The number of halogens is 4. The summed E-state index contributed by atoms with van der Waals surface area (Å²) in [6.45, 7) is 1.43. The number of alkyl halides is 3. The quantitative estimate of drug-likeness (QED) is 0.208. The molecule has 1 saturated heterocycles. The van der Waals surface area contributed by atoms with Crippen molar-refractivity contribution in [3.05, 3.63) is 78.3 Å². The molecule has 0 bridgehead atoms. The zero-order valence-electron chi connectivity index (χ0n) is 29.5. The third kappa shape index (κ3) is 7.62.